The van der Waals surface area contributed by atoms with Gasteiger partial charge < -0.3 is 10.1 Å². The van der Waals surface area contributed by atoms with E-state index in [9.17, 15) is 4.39 Å². The van der Waals surface area contributed by atoms with Crippen LogP contribution in [0, 0.1) is 5.82 Å². The molecule has 25 heavy (non-hydrogen) atoms. The molecule has 0 amide bonds. The van der Waals surface area contributed by atoms with Gasteiger partial charge in [0.2, 0.25) is 0 Å². The maximum absolute atomic E-state index is 14.8. The Labute approximate surface area is 152 Å². The summed E-state index contributed by atoms with van der Waals surface area (Å²) in [6, 6.07) is 4.02. The first-order valence-corrected chi connectivity index (χ1v) is 9.20. The SMILES string of the molecule is CCCC(C)(C)c1cc(NC2=NC(C)(C)CO2)c(F)cc1C(C)(C)C. The Balaban J connectivity index is 2.50. The Morgan fingerprint density at radius 3 is 2.28 bits per heavy atom. The van der Waals surface area contributed by atoms with Crippen molar-refractivity contribution in [2.24, 2.45) is 4.99 Å². The fraction of sp³-hybridized carbons (Fsp3) is 0.667. The number of hydrogen-bond donors (Lipinski definition) is 1. The summed E-state index contributed by atoms with van der Waals surface area (Å²) in [6.45, 7) is 17.5. The standard InChI is InChI=1S/C21H33FN2O/c1-9-10-20(5,6)15-12-17(16(22)11-14(15)19(2,3)4)23-18-24-21(7,8)13-25-18/h11-12H,9-10,13H2,1-8H3,(H,23,24). The van der Waals surface area contributed by atoms with E-state index in [1.165, 1.54) is 5.56 Å². The molecule has 140 valence electrons. The Morgan fingerprint density at radius 2 is 1.80 bits per heavy atom. The molecule has 2 rings (SSSR count). The minimum atomic E-state index is -0.269. The van der Waals surface area contributed by atoms with Crippen LogP contribution in [0.4, 0.5) is 10.1 Å². The molecule has 0 saturated carbocycles. The van der Waals surface area contributed by atoms with Crippen molar-refractivity contribution in [2.75, 3.05) is 11.9 Å². The van der Waals surface area contributed by atoms with Gasteiger partial charge in [-0.3, -0.25) is 0 Å². The first-order valence-electron chi connectivity index (χ1n) is 9.20. The third-order valence-electron chi connectivity index (χ3n) is 4.73. The smallest absolute Gasteiger partial charge is 0.290 e. The van der Waals surface area contributed by atoms with E-state index in [1.54, 1.807) is 6.07 Å². The minimum Gasteiger partial charge on any atom is -0.462 e. The van der Waals surface area contributed by atoms with E-state index >= 15 is 0 Å². The van der Waals surface area contributed by atoms with E-state index in [1.807, 2.05) is 19.9 Å². The molecule has 1 aromatic carbocycles. The minimum absolute atomic E-state index is 0.0287. The highest BCUT2D eigenvalue weighted by Gasteiger charge is 2.31. The van der Waals surface area contributed by atoms with E-state index in [0.29, 0.717) is 18.3 Å². The summed E-state index contributed by atoms with van der Waals surface area (Å²) in [5, 5.41) is 3.05. The van der Waals surface area contributed by atoms with Crippen molar-refractivity contribution in [1.29, 1.82) is 0 Å². The van der Waals surface area contributed by atoms with Crippen molar-refractivity contribution in [3.8, 4) is 0 Å². The van der Waals surface area contributed by atoms with Gasteiger partial charge in [-0.15, -0.1) is 0 Å². The summed E-state index contributed by atoms with van der Waals surface area (Å²) < 4.78 is 20.4. The van der Waals surface area contributed by atoms with Crippen LogP contribution in [0.15, 0.2) is 17.1 Å². The normalized spacial score (nSPS) is 17.2. The lowest BCUT2D eigenvalue weighted by atomic mass is 9.72. The topological polar surface area (TPSA) is 33.6 Å². The summed E-state index contributed by atoms with van der Waals surface area (Å²) in [4.78, 5) is 4.47. The summed E-state index contributed by atoms with van der Waals surface area (Å²) in [6.07, 6.45) is 2.13. The predicted molar refractivity (Wildman–Crippen MR) is 104 cm³/mol. The fourth-order valence-electron chi connectivity index (χ4n) is 3.37. The highest BCUT2D eigenvalue weighted by molar-refractivity contribution is 5.90. The van der Waals surface area contributed by atoms with Crippen molar-refractivity contribution in [2.45, 2.75) is 84.6 Å². The van der Waals surface area contributed by atoms with Gasteiger partial charge in [0.25, 0.3) is 6.02 Å². The molecule has 0 spiro atoms. The number of rotatable bonds is 4. The van der Waals surface area contributed by atoms with Gasteiger partial charge in [0.05, 0.1) is 11.2 Å². The number of aliphatic imine (C=N–C) groups is 1. The number of anilines is 1. The Hall–Kier alpha value is -1.58. The highest BCUT2D eigenvalue weighted by atomic mass is 19.1. The molecule has 1 aliphatic heterocycles. The second kappa shape index (κ2) is 6.62. The van der Waals surface area contributed by atoms with Crippen molar-refractivity contribution in [3.05, 3.63) is 29.1 Å². The molecule has 0 fully saturated rings. The van der Waals surface area contributed by atoms with Gasteiger partial charge in [0.15, 0.2) is 0 Å². The third-order valence-corrected chi connectivity index (χ3v) is 4.73. The van der Waals surface area contributed by atoms with Gasteiger partial charge in [0, 0.05) is 0 Å². The van der Waals surface area contributed by atoms with Crippen molar-refractivity contribution in [1.82, 2.24) is 0 Å². The van der Waals surface area contributed by atoms with E-state index in [-0.39, 0.29) is 22.2 Å². The van der Waals surface area contributed by atoms with Gasteiger partial charge >= 0.3 is 0 Å². The van der Waals surface area contributed by atoms with Crippen LogP contribution >= 0.6 is 0 Å². The van der Waals surface area contributed by atoms with Crippen molar-refractivity contribution < 1.29 is 9.13 Å². The van der Waals surface area contributed by atoms with Gasteiger partial charge in [-0.25, -0.2) is 9.38 Å². The second-order valence-corrected chi connectivity index (χ2v) is 9.40. The number of nitrogens with zero attached hydrogens (tertiary/aromatic N) is 1. The van der Waals surface area contributed by atoms with Gasteiger partial charge in [-0.1, -0.05) is 48.0 Å². The quantitative estimate of drug-likeness (QED) is 0.748. The number of hydrogen-bond acceptors (Lipinski definition) is 3. The number of ether oxygens (including phenoxy) is 1. The van der Waals surface area contributed by atoms with Gasteiger partial charge in [0.1, 0.15) is 12.4 Å². The molecular formula is C21H33FN2O. The highest BCUT2D eigenvalue weighted by Crippen LogP contribution is 2.39. The lowest BCUT2D eigenvalue weighted by Crippen LogP contribution is -2.25. The molecule has 0 unspecified atom stereocenters. The van der Waals surface area contributed by atoms with Crippen LogP contribution < -0.4 is 5.32 Å². The fourth-order valence-corrected chi connectivity index (χ4v) is 3.37. The molecule has 1 aromatic rings. The van der Waals surface area contributed by atoms with Crippen LogP contribution in [0.25, 0.3) is 0 Å². The molecule has 1 N–H and O–H groups in total. The molecule has 4 heteroatoms. The Kier molecular flexibility index (Phi) is 5.23. The number of amidine groups is 1. The monoisotopic (exact) mass is 348 g/mol. The van der Waals surface area contributed by atoms with Crippen molar-refractivity contribution >= 4 is 11.7 Å². The zero-order chi connectivity index (χ0) is 19.0. The number of halogens is 1. The summed E-state index contributed by atoms with van der Waals surface area (Å²) in [7, 11) is 0. The van der Waals surface area contributed by atoms with E-state index in [4.69, 9.17) is 4.74 Å². The molecule has 0 aliphatic carbocycles. The molecule has 0 saturated heterocycles. The molecule has 0 aromatic heterocycles. The average Bonchev–Trinajstić information content (AvgIpc) is 2.78. The van der Waals surface area contributed by atoms with E-state index < -0.39 is 0 Å². The lowest BCUT2D eigenvalue weighted by Gasteiger charge is -2.33. The van der Waals surface area contributed by atoms with Crippen LogP contribution in [0.2, 0.25) is 0 Å². The molecule has 0 radical (unpaired) electrons. The number of benzene rings is 1. The Bertz CT molecular complexity index is 669. The largest absolute Gasteiger partial charge is 0.462 e. The maximum atomic E-state index is 14.8. The van der Waals surface area contributed by atoms with Crippen LogP contribution in [0.3, 0.4) is 0 Å². The van der Waals surface area contributed by atoms with Crippen LogP contribution in [0.1, 0.15) is 79.4 Å². The van der Waals surface area contributed by atoms with Gasteiger partial charge in [-0.05, 0) is 54.4 Å². The zero-order valence-electron chi connectivity index (χ0n) is 17.0. The number of nitrogens with one attached hydrogen (secondary N) is 1. The molecular weight excluding hydrogens is 315 g/mol. The summed E-state index contributed by atoms with van der Waals surface area (Å²) >= 11 is 0. The first-order chi connectivity index (χ1) is 11.4. The van der Waals surface area contributed by atoms with Crippen LogP contribution in [0.5, 0.6) is 0 Å². The predicted octanol–water partition coefficient (Wildman–Crippen LogP) is 5.78. The van der Waals surface area contributed by atoms with E-state index in [0.717, 1.165) is 18.4 Å². The second-order valence-electron chi connectivity index (χ2n) is 9.40. The van der Waals surface area contributed by atoms with E-state index in [2.05, 4.69) is 51.9 Å². The van der Waals surface area contributed by atoms with Crippen molar-refractivity contribution in [3.63, 3.8) is 0 Å². The maximum Gasteiger partial charge on any atom is 0.290 e. The Morgan fingerprint density at radius 1 is 1.16 bits per heavy atom. The average molecular weight is 349 g/mol. The first kappa shape index (κ1) is 19.7. The molecule has 1 aliphatic rings. The molecule has 0 bridgehead atoms. The van der Waals surface area contributed by atoms with Gasteiger partial charge in [-0.2, -0.15) is 0 Å². The summed E-state index contributed by atoms with van der Waals surface area (Å²) in [5.41, 5.74) is 2.26. The summed E-state index contributed by atoms with van der Waals surface area (Å²) in [5.74, 6) is -0.267. The molecule has 0 atom stereocenters. The van der Waals surface area contributed by atoms with Crippen LogP contribution in [-0.2, 0) is 15.6 Å². The molecule has 1 heterocycles. The third kappa shape index (κ3) is 4.53. The van der Waals surface area contributed by atoms with Crippen LogP contribution in [-0.4, -0.2) is 18.2 Å². The molecule has 3 nitrogen and oxygen atoms in total. The lowest BCUT2D eigenvalue weighted by molar-refractivity contribution is 0.278. The zero-order valence-corrected chi connectivity index (χ0v) is 17.0.